The zero-order valence-corrected chi connectivity index (χ0v) is 11.1. The Labute approximate surface area is 117 Å². The van der Waals surface area contributed by atoms with Crippen molar-refractivity contribution in [1.82, 2.24) is 0 Å². The first-order valence-corrected chi connectivity index (χ1v) is 5.99. The van der Waals surface area contributed by atoms with Crippen molar-refractivity contribution in [3.05, 3.63) is 33.9 Å². The number of nitro groups is 1. The van der Waals surface area contributed by atoms with E-state index in [1.165, 1.54) is 0 Å². The van der Waals surface area contributed by atoms with E-state index in [9.17, 15) is 28.1 Å². The van der Waals surface area contributed by atoms with E-state index < -0.39 is 34.9 Å². The van der Waals surface area contributed by atoms with Crippen molar-refractivity contribution in [2.75, 3.05) is 18.0 Å². The minimum atomic E-state index is -4.46. The normalized spacial score (nSPS) is 11.2. The largest absolute Gasteiger partial charge is 0.477 e. The number of benzene rings is 1. The van der Waals surface area contributed by atoms with E-state index in [1.807, 2.05) is 0 Å². The van der Waals surface area contributed by atoms with Gasteiger partial charge in [-0.1, -0.05) is 6.92 Å². The molecule has 0 aliphatic carbocycles. The summed E-state index contributed by atoms with van der Waals surface area (Å²) in [6.45, 7) is 0.455. The number of rotatable bonds is 6. The van der Waals surface area contributed by atoms with E-state index in [0.717, 1.165) is 23.1 Å². The van der Waals surface area contributed by atoms with Crippen LogP contribution in [-0.2, 0) is 0 Å². The van der Waals surface area contributed by atoms with Gasteiger partial charge < -0.3 is 10.0 Å². The second-order valence-electron chi connectivity index (χ2n) is 4.30. The Kier molecular flexibility index (Phi) is 5.12. The third-order valence-electron chi connectivity index (χ3n) is 2.64. The van der Waals surface area contributed by atoms with E-state index in [0.29, 0.717) is 6.42 Å². The van der Waals surface area contributed by atoms with Gasteiger partial charge in [0.25, 0.3) is 5.69 Å². The molecule has 116 valence electrons. The average Bonchev–Trinajstić information content (AvgIpc) is 2.35. The predicted molar refractivity (Wildman–Crippen MR) is 68.6 cm³/mol. The molecule has 0 aliphatic rings. The number of hydrogen-bond acceptors (Lipinski definition) is 4. The van der Waals surface area contributed by atoms with Crippen LogP contribution in [0.1, 0.15) is 23.7 Å². The minimum absolute atomic E-state index is 0.0362. The van der Waals surface area contributed by atoms with Crippen LogP contribution < -0.4 is 4.90 Å². The molecule has 0 spiro atoms. The van der Waals surface area contributed by atoms with E-state index in [-0.39, 0.29) is 12.2 Å². The van der Waals surface area contributed by atoms with E-state index in [4.69, 9.17) is 5.11 Å². The molecule has 0 radical (unpaired) electrons. The maximum atomic E-state index is 12.5. The second-order valence-corrected chi connectivity index (χ2v) is 4.30. The van der Waals surface area contributed by atoms with Crippen LogP contribution in [0.3, 0.4) is 0 Å². The summed E-state index contributed by atoms with van der Waals surface area (Å²) in [7, 11) is 0. The van der Waals surface area contributed by atoms with Crippen molar-refractivity contribution in [1.29, 1.82) is 0 Å². The molecule has 0 amide bonds. The van der Waals surface area contributed by atoms with Gasteiger partial charge in [-0.25, -0.2) is 4.79 Å². The van der Waals surface area contributed by atoms with Gasteiger partial charge in [0.15, 0.2) is 0 Å². The summed E-state index contributed by atoms with van der Waals surface area (Å²) in [4.78, 5) is 21.7. The van der Waals surface area contributed by atoms with Gasteiger partial charge in [0.05, 0.1) is 4.92 Å². The quantitative estimate of drug-likeness (QED) is 0.645. The molecule has 0 bridgehead atoms. The molecule has 1 rings (SSSR count). The van der Waals surface area contributed by atoms with Crippen molar-refractivity contribution >= 4 is 17.3 Å². The number of hydrogen-bond donors (Lipinski definition) is 1. The van der Waals surface area contributed by atoms with Crippen LogP contribution in [0.4, 0.5) is 24.5 Å². The monoisotopic (exact) mass is 306 g/mol. The molecule has 0 saturated carbocycles. The van der Waals surface area contributed by atoms with Gasteiger partial charge in [-0.3, -0.25) is 10.1 Å². The van der Waals surface area contributed by atoms with Crippen molar-refractivity contribution in [2.45, 2.75) is 19.5 Å². The van der Waals surface area contributed by atoms with Gasteiger partial charge in [-0.15, -0.1) is 0 Å². The van der Waals surface area contributed by atoms with Gasteiger partial charge in [-0.2, -0.15) is 13.2 Å². The lowest BCUT2D eigenvalue weighted by Gasteiger charge is -2.25. The SMILES string of the molecule is CCCN(CC(F)(F)F)c1ccc(C(=O)O)c([N+](=O)[O-])c1. The number of carboxylic acids is 1. The molecule has 21 heavy (non-hydrogen) atoms. The molecule has 0 saturated heterocycles. The molecule has 9 heteroatoms. The average molecular weight is 306 g/mol. The van der Waals surface area contributed by atoms with Crippen LogP contribution >= 0.6 is 0 Å². The fraction of sp³-hybridized carbons (Fsp3) is 0.417. The molecule has 0 aromatic heterocycles. The highest BCUT2D eigenvalue weighted by molar-refractivity contribution is 5.93. The summed E-state index contributed by atoms with van der Waals surface area (Å²) >= 11 is 0. The molecule has 6 nitrogen and oxygen atoms in total. The Morgan fingerprint density at radius 1 is 1.43 bits per heavy atom. The first kappa shape index (κ1) is 16.7. The fourth-order valence-corrected chi connectivity index (χ4v) is 1.83. The highest BCUT2D eigenvalue weighted by Crippen LogP contribution is 2.28. The van der Waals surface area contributed by atoms with Crippen LogP contribution in [0, 0.1) is 10.1 Å². The number of carbonyl (C=O) groups is 1. The van der Waals surface area contributed by atoms with Gasteiger partial charge in [0.1, 0.15) is 12.1 Å². The number of halogens is 3. The molecule has 1 aromatic carbocycles. The van der Waals surface area contributed by atoms with Crippen LogP contribution in [-0.4, -0.2) is 35.3 Å². The van der Waals surface area contributed by atoms with Gasteiger partial charge in [-0.05, 0) is 18.6 Å². The number of nitro benzene ring substituents is 1. The summed E-state index contributed by atoms with van der Waals surface area (Å²) in [5.74, 6) is -1.51. The Morgan fingerprint density at radius 2 is 2.05 bits per heavy atom. The number of nitrogens with zero attached hydrogens (tertiary/aromatic N) is 2. The third-order valence-corrected chi connectivity index (χ3v) is 2.64. The van der Waals surface area contributed by atoms with Crippen molar-refractivity contribution < 1.29 is 28.0 Å². The summed E-state index contributed by atoms with van der Waals surface area (Å²) in [6, 6.07) is 2.93. The van der Waals surface area contributed by atoms with Gasteiger partial charge in [0.2, 0.25) is 0 Å². The Bertz CT molecular complexity index is 546. The second kappa shape index (κ2) is 6.42. The maximum Gasteiger partial charge on any atom is 0.405 e. The topological polar surface area (TPSA) is 83.7 Å². The minimum Gasteiger partial charge on any atom is -0.477 e. The van der Waals surface area contributed by atoms with Crippen LogP contribution in [0.2, 0.25) is 0 Å². The standard InChI is InChI=1S/C12H13F3N2O4/c1-2-5-16(7-12(13,14)15)8-3-4-9(11(18)19)10(6-8)17(20)21/h3-4,6H,2,5,7H2,1H3,(H,18,19). The fourth-order valence-electron chi connectivity index (χ4n) is 1.83. The van der Waals surface area contributed by atoms with E-state index in [1.54, 1.807) is 6.92 Å². The molecule has 0 unspecified atom stereocenters. The molecule has 0 aliphatic heterocycles. The number of alkyl halides is 3. The summed E-state index contributed by atoms with van der Waals surface area (Å²) < 4.78 is 37.5. The Balaban J connectivity index is 3.24. The molecule has 1 N–H and O–H groups in total. The van der Waals surface area contributed by atoms with E-state index in [2.05, 4.69) is 0 Å². The Hall–Kier alpha value is -2.32. The molecule has 0 heterocycles. The number of carboxylic acid groups (broad SMARTS) is 1. The van der Waals surface area contributed by atoms with Gasteiger partial charge in [0, 0.05) is 18.3 Å². The van der Waals surface area contributed by atoms with Crippen LogP contribution in [0.5, 0.6) is 0 Å². The number of anilines is 1. The molecule has 1 aromatic rings. The molecular formula is C12H13F3N2O4. The first-order chi connectivity index (χ1) is 9.65. The highest BCUT2D eigenvalue weighted by atomic mass is 19.4. The third kappa shape index (κ3) is 4.62. The van der Waals surface area contributed by atoms with Crippen LogP contribution in [0.15, 0.2) is 18.2 Å². The zero-order valence-electron chi connectivity index (χ0n) is 11.1. The summed E-state index contributed by atoms with van der Waals surface area (Å²) in [5, 5.41) is 19.7. The molecule has 0 fully saturated rings. The summed E-state index contributed by atoms with van der Waals surface area (Å²) in [5.41, 5.74) is -1.33. The Morgan fingerprint density at radius 3 is 2.48 bits per heavy atom. The van der Waals surface area contributed by atoms with Crippen molar-refractivity contribution in [2.24, 2.45) is 0 Å². The lowest BCUT2D eigenvalue weighted by molar-refractivity contribution is -0.385. The smallest absolute Gasteiger partial charge is 0.405 e. The summed E-state index contributed by atoms with van der Waals surface area (Å²) in [6.07, 6.45) is -4.06. The first-order valence-electron chi connectivity index (χ1n) is 5.99. The van der Waals surface area contributed by atoms with E-state index >= 15 is 0 Å². The predicted octanol–water partition coefficient (Wildman–Crippen LogP) is 3.07. The maximum absolute atomic E-state index is 12.5. The van der Waals surface area contributed by atoms with Crippen molar-refractivity contribution in [3.63, 3.8) is 0 Å². The lowest BCUT2D eigenvalue weighted by Crippen LogP contribution is -2.34. The molecule has 0 atom stereocenters. The lowest BCUT2D eigenvalue weighted by atomic mass is 10.1. The zero-order chi connectivity index (χ0) is 16.2. The molecular weight excluding hydrogens is 293 g/mol. The number of aromatic carboxylic acids is 1. The van der Waals surface area contributed by atoms with Gasteiger partial charge >= 0.3 is 12.1 Å². The highest BCUT2D eigenvalue weighted by Gasteiger charge is 2.31. The van der Waals surface area contributed by atoms with Crippen molar-refractivity contribution in [3.8, 4) is 0 Å². The van der Waals surface area contributed by atoms with Crippen LogP contribution in [0.25, 0.3) is 0 Å².